The Balaban J connectivity index is 1.43. The summed E-state index contributed by atoms with van der Waals surface area (Å²) in [5.41, 5.74) is -0.392. The number of hydrogen-bond donors (Lipinski definition) is 2. The molecule has 1 aliphatic carbocycles. The quantitative estimate of drug-likeness (QED) is 0.295. The number of carboxylic acid groups (broad SMARTS) is 1. The van der Waals surface area contributed by atoms with Gasteiger partial charge >= 0.3 is 5.97 Å². The minimum Gasteiger partial charge on any atom is -0.493 e. The zero-order valence-electron chi connectivity index (χ0n) is 18.1. The minimum atomic E-state index is -1.18. The molecule has 1 aromatic carbocycles. The second kappa shape index (κ2) is 10.2. The van der Waals surface area contributed by atoms with E-state index in [4.69, 9.17) is 14.3 Å². The van der Waals surface area contributed by atoms with Crippen LogP contribution in [0.1, 0.15) is 53.9 Å². The van der Waals surface area contributed by atoms with Gasteiger partial charge < -0.3 is 24.3 Å². The highest BCUT2D eigenvalue weighted by Gasteiger charge is 2.49. The Morgan fingerprint density at radius 2 is 1.97 bits per heavy atom. The van der Waals surface area contributed by atoms with Crippen molar-refractivity contribution in [3.63, 3.8) is 0 Å². The molecule has 2 N–H and O–H groups in total. The fourth-order valence-corrected chi connectivity index (χ4v) is 4.33. The van der Waals surface area contributed by atoms with Crippen molar-refractivity contribution < 1.29 is 29.0 Å². The summed E-state index contributed by atoms with van der Waals surface area (Å²) in [6.45, 7) is 0.647. The number of amides is 1. The molecular formula is C24H26N2O6S. The first kappa shape index (κ1) is 23.0. The number of nitrogens with zero attached hydrogens (tertiary/aromatic N) is 2. The largest absolute Gasteiger partial charge is 0.493 e. The molecule has 0 unspecified atom stereocenters. The van der Waals surface area contributed by atoms with E-state index in [0.29, 0.717) is 42.4 Å². The van der Waals surface area contributed by atoms with Crippen LogP contribution in [0.3, 0.4) is 0 Å². The average molecular weight is 471 g/mol. The number of aliphatic hydroxyl groups is 1. The molecule has 33 heavy (non-hydrogen) atoms. The number of thiazole rings is 1. The minimum absolute atomic E-state index is 0.157. The number of rotatable bonds is 12. The van der Waals surface area contributed by atoms with E-state index in [1.54, 1.807) is 18.5 Å². The summed E-state index contributed by atoms with van der Waals surface area (Å²) in [6, 6.07) is 11.0. The number of para-hydroxylation sites is 1. The molecule has 8 nitrogen and oxygen atoms in total. The topological polar surface area (TPSA) is 113 Å². The Labute approximate surface area is 195 Å². The van der Waals surface area contributed by atoms with Gasteiger partial charge in [0.25, 0.3) is 5.91 Å². The monoisotopic (exact) mass is 470 g/mol. The van der Waals surface area contributed by atoms with Gasteiger partial charge in [-0.2, -0.15) is 0 Å². The second-order valence-corrected chi connectivity index (χ2v) is 9.07. The van der Waals surface area contributed by atoms with Crippen molar-refractivity contribution in [2.75, 3.05) is 6.61 Å². The molecule has 0 aliphatic heterocycles. The average Bonchev–Trinajstić information content (AvgIpc) is 3.21. The van der Waals surface area contributed by atoms with Gasteiger partial charge in [0.15, 0.2) is 5.01 Å². The van der Waals surface area contributed by atoms with Gasteiger partial charge in [-0.3, -0.25) is 9.59 Å². The smallest absolute Gasteiger partial charge is 0.303 e. The molecule has 3 aromatic rings. The fourth-order valence-electron chi connectivity index (χ4n) is 3.49. The number of furan rings is 1. The highest BCUT2D eigenvalue weighted by atomic mass is 32.1. The van der Waals surface area contributed by atoms with Crippen molar-refractivity contribution in [1.82, 2.24) is 9.88 Å². The van der Waals surface area contributed by atoms with Crippen molar-refractivity contribution >= 4 is 23.2 Å². The summed E-state index contributed by atoms with van der Waals surface area (Å²) in [7, 11) is 0. The lowest BCUT2D eigenvalue weighted by molar-refractivity contribution is -0.137. The SMILES string of the molecule is O=C(O)CCCCCOc1ccccc1CN(C(=O)c1ncc(-c2ccco2)s1)C1(O)CC1. The predicted molar refractivity (Wildman–Crippen MR) is 122 cm³/mol. The van der Waals surface area contributed by atoms with Gasteiger partial charge in [-0.1, -0.05) is 18.2 Å². The van der Waals surface area contributed by atoms with E-state index >= 15 is 0 Å². The van der Waals surface area contributed by atoms with Gasteiger partial charge in [0.1, 0.15) is 17.2 Å². The molecular weight excluding hydrogens is 444 g/mol. The third-order valence-electron chi connectivity index (χ3n) is 5.49. The van der Waals surface area contributed by atoms with Crippen molar-refractivity contribution in [2.45, 2.75) is 50.8 Å². The maximum Gasteiger partial charge on any atom is 0.303 e. The molecule has 1 aliphatic rings. The van der Waals surface area contributed by atoms with E-state index in [0.717, 1.165) is 23.3 Å². The van der Waals surface area contributed by atoms with Gasteiger partial charge in [0.05, 0.1) is 24.3 Å². The molecule has 4 rings (SSSR count). The van der Waals surface area contributed by atoms with Crippen LogP contribution in [0.25, 0.3) is 10.6 Å². The highest BCUT2D eigenvalue weighted by molar-refractivity contribution is 7.16. The third kappa shape index (κ3) is 5.80. The molecule has 1 amide bonds. The van der Waals surface area contributed by atoms with Gasteiger partial charge in [0.2, 0.25) is 0 Å². The number of unbranched alkanes of at least 4 members (excludes halogenated alkanes) is 2. The zero-order chi connectivity index (χ0) is 23.3. The van der Waals surface area contributed by atoms with Crippen molar-refractivity contribution in [3.8, 4) is 16.4 Å². The zero-order valence-corrected chi connectivity index (χ0v) is 18.9. The van der Waals surface area contributed by atoms with Crippen LogP contribution in [0, 0.1) is 0 Å². The molecule has 2 heterocycles. The predicted octanol–water partition coefficient (Wildman–Crippen LogP) is 4.55. The van der Waals surface area contributed by atoms with Crippen LogP contribution in [-0.2, 0) is 11.3 Å². The number of ether oxygens (including phenoxy) is 1. The molecule has 1 saturated carbocycles. The Bertz CT molecular complexity index is 1090. The van der Waals surface area contributed by atoms with Crippen LogP contribution in [0.5, 0.6) is 5.75 Å². The van der Waals surface area contributed by atoms with E-state index < -0.39 is 11.7 Å². The number of carbonyl (C=O) groups excluding carboxylic acids is 1. The van der Waals surface area contributed by atoms with Crippen molar-refractivity contribution in [3.05, 3.63) is 59.4 Å². The number of carboxylic acids is 1. The number of aliphatic carboxylic acids is 1. The lowest BCUT2D eigenvalue weighted by Crippen LogP contribution is -2.41. The standard InChI is InChI=1S/C24H26N2O6S/c27-21(28)10-2-1-5-13-31-18-8-4-3-7-17(18)16-26(24(30)11-12-24)23(29)22-25-15-20(33-22)19-9-6-14-32-19/h3-4,6-9,14-15,30H,1-2,5,10-13,16H2,(H,27,28). The Morgan fingerprint density at radius 1 is 1.15 bits per heavy atom. The fraction of sp³-hybridized carbons (Fsp3) is 0.375. The van der Waals surface area contributed by atoms with Crippen molar-refractivity contribution in [1.29, 1.82) is 0 Å². The van der Waals surface area contributed by atoms with Crippen molar-refractivity contribution in [2.24, 2.45) is 0 Å². The number of hydrogen-bond acceptors (Lipinski definition) is 7. The van der Waals surface area contributed by atoms with E-state index in [9.17, 15) is 14.7 Å². The lowest BCUT2D eigenvalue weighted by Gasteiger charge is -2.28. The third-order valence-corrected chi connectivity index (χ3v) is 6.49. The Hall–Kier alpha value is -3.17. The van der Waals surface area contributed by atoms with Gasteiger partial charge in [-0.25, -0.2) is 4.98 Å². The maximum absolute atomic E-state index is 13.3. The van der Waals surface area contributed by atoms with Gasteiger partial charge in [-0.15, -0.1) is 11.3 Å². The number of aromatic nitrogens is 1. The van der Waals surface area contributed by atoms with Crippen LogP contribution in [-0.4, -0.2) is 44.3 Å². The molecule has 2 aromatic heterocycles. The first-order valence-electron chi connectivity index (χ1n) is 10.9. The van der Waals surface area contributed by atoms with E-state index in [2.05, 4.69) is 4.98 Å². The highest BCUT2D eigenvalue weighted by Crippen LogP contribution is 2.42. The summed E-state index contributed by atoms with van der Waals surface area (Å²) in [4.78, 5) is 30.4. The molecule has 9 heteroatoms. The first-order chi connectivity index (χ1) is 16.0. The van der Waals surface area contributed by atoms with E-state index in [1.807, 2.05) is 30.3 Å². The molecule has 0 radical (unpaired) electrons. The lowest BCUT2D eigenvalue weighted by atomic mass is 10.1. The van der Waals surface area contributed by atoms with Crippen LogP contribution < -0.4 is 4.74 Å². The maximum atomic E-state index is 13.3. The summed E-state index contributed by atoms with van der Waals surface area (Å²) in [5.74, 6) is 0.167. The summed E-state index contributed by atoms with van der Waals surface area (Å²) in [5, 5.41) is 19.9. The summed E-state index contributed by atoms with van der Waals surface area (Å²) in [6.07, 6.45) is 6.48. The molecule has 0 saturated heterocycles. The Kier molecular flexibility index (Phi) is 7.10. The molecule has 174 valence electrons. The molecule has 0 spiro atoms. The molecule has 0 atom stereocenters. The van der Waals surface area contributed by atoms with Gasteiger partial charge in [-0.05, 0) is 50.3 Å². The van der Waals surface area contributed by atoms with E-state index in [-0.39, 0.29) is 18.9 Å². The van der Waals surface area contributed by atoms with Gasteiger partial charge in [0, 0.05) is 18.2 Å². The summed E-state index contributed by atoms with van der Waals surface area (Å²) < 4.78 is 11.3. The molecule has 1 fully saturated rings. The number of carbonyl (C=O) groups is 2. The Morgan fingerprint density at radius 3 is 2.70 bits per heavy atom. The second-order valence-electron chi connectivity index (χ2n) is 8.04. The van der Waals surface area contributed by atoms with Crippen LogP contribution >= 0.6 is 11.3 Å². The van der Waals surface area contributed by atoms with Crippen LogP contribution in [0.15, 0.2) is 53.3 Å². The first-order valence-corrected chi connectivity index (χ1v) is 11.7. The normalized spacial score (nSPS) is 14.1. The van der Waals surface area contributed by atoms with Crippen LogP contribution in [0.2, 0.25) is 0 Å². The van der Waals surface area contributed by atoms with E-state index in [1.165, 1.54) is 16.2 Å². The summed E-state index contributed by atoms with van der Waals surface area (Å²) >= 11 is 1.23. The number of benzene rings is 1. The van der Waals surface area contributed by atoms with Crippen LogP contribution in [0.4, 0.5) is 0 Å². The molecule has 0 bridgehead atoms.